The maximum absolute atomic E-state index is 11.7. The molecule has 2 aromatic rings. The number of urea groups is 1. The number of carboxylic acid groups (broad SMARTS) is 1. The fourth-order valence-corrected chi connectivity index (χ4v) is 1.66. The molecule has 0 unspecified atom stereocenters. The number of nitrogens with zero attached hydrogens (tertiary/aromatic N) is 2. The molecule has 0 saturated carbocycles. The van der Waals surface area contributed by atoms with Crippen molar-refractivity contribution in [2.45, 2.75) is 12.8 Å². The van der Waals surface area contributed by atoms with E-state index in [9.17, 15) is 9.59 Å². The maximum Gasteiger partial charge on any atom is 0.323 e. The molecule has 1 aromatic heterocycles. The van der Waals surface area contributed by atoms with Crippen molar-refractivity contribution in [3.05, 3.63) is 48.5 Å². The van der Waals surface area contributed by atoms with E-state index in [0.717, 1.165) is 5.56 Å². The highest BCUT2D eigenvalue weighted by molar-refractivity contribution is 5.99. The number of aromatic nitrogens is 2. The number of hydrogen-bond donors (Lipinski definition) is 3. The van der Waals surface area contributed by atoms with E-state index in [4.69, 9.17) is 5.11 Å². The summed E-state index contributed by atoms with van der Waals surface area (Å²) >= 11 is 0. The Kier molecular flexibility index (Phi) is 4.81. The fraction of sp³-hybridized carbons (Fsp3) is 0.143. The Morgan fingerprint density at radius 3 is 2.24 bits per heavy atom. The van der Waals surface area contributed by atoms with E-state index >= 15 is 0 Å². The molecule has 0 spiro atoms. The van der Waals surface area contributed by atoms with Gasteiger partial charge in [0, 0.05) is 12.1 Å². The van der Waals surface area contributed by atoms with Gasteiger partial charge in [0.05, 0.1) is 18.1 Å². The normalized spacial score (nSPS) is 9.90. The summed E-state index contributed by atoms with van der Waals surface area (Å²) in [5.41, 5.74) is 2.01. The number of nitrogens with one attached hydrogen (secondary N) is 2. The zero-order valence-corrected chi connectivity index (χ0v) is 11.1. The summed E-state index contributed by atoms with van der Waals surface area (Å²) < 4.78 is 0. The number of hydrogen-bond acceptors (Lipinski definition) is 4. The van der Waals surface area contributed by atoms with Crippen LogP contribution in [0.25, 0.3) is 0 Å². The summed E-state index contributed by atoms with van der Waals surface area (Å²) in [5, 5.41) is 13.9. The third-order valence-electron chi connectivity index (χ3n) is 2.66. The van der Waals surface area contributed by atoms with Crippen LogP contribution in [0.2, 0.25) is 0 Å². The molecule has 1 heterocycles. The Hall–Kier alpha value is -2.96. The molecule has 3 N–H and O–H groups in total. The zero-order chi connectivity index (χ0) is 15.1. The van der Waals surface area contributed by atoms with Crippen LogP contribution < -0.4 is 10.6 Å². The van der Waals surface area contributed by atoms with E-state index in [1.54, 1.807) is 24.3 Å². The molecule has 2 rings (SSSR count). The van der Waals surface area contributed by atoms with Gasteiger partial charge in [-0.1, -0.05) is 12.1 Å². The molecule has 0 atom stereocenters. The molecule has 1 aromatic carbocycles. The van der Waals surface area contributed by atoms with Crippen LogP contribution in [0, 0.1) is 0 Å². The van der Waals surface area contributed by atoms with Crippen molar-refractivity contribution in [2.75, 3.05) is 10.6 Å². The van der Waals surface area contributed by atoms with Crippen LogP contribution in [0.5, 0.6) is 0 Å². The number of carboxylic acids is 1. The average Bonchev–Trinajstić information content (AvgIpc) is 2.47. The number of anilines is 2. The van der Waals surface area contributed by atoms with Crippen molar-refractivity contribution in [3.63, 3.8) is 0 Å². The van der Waals surface area contributed by atoms with Gasteiger partial charge < -0.3 is 15.7 Å². The molecule has 0 aliphatic rings. The first-order valence-corrected chi connectivity index (χ1v) is 6.27. The van der Waals surface area contributed by atoms with Crippen molar-refractivity contribution in [1.29, 1.82) is 0 Å². The Bertz CT molecular complexity index is 614. The molecule has 0 saturated heterocycles. The van der Waals surface area contributed by atoms with Crippen molar-refractivity contribution < 1.29 is 14.7 Å². The summed E-state index contributed by atoms with van der Waals surface area (Å²) in [6.07, 6.45) is 4.90. The first-order valence-electron chi connectivity index (χ1n) is 6.27. The highest BCUT2D eigenvalue weighted by atomic mass is 16.4. The van der Waals surface area contributed by atoms with Gasteiger partial charge >= 0.3 is 12.0 Å². The highest BCUT2D eigenvalue weighted by Crippen LogP contribution is 2.12. The molecule has 2 amide bonds. The zero-order valence-electron chi connectivity index (χ0n) is 11.1. The number of rotatable bonds is 5. The molecule has 7 heteroatoms. The quantitative estimate of drug-likeness (QED) is 0.781. The highest BCUT2D eigenvalue weighted by Gasteiger charge is 2.04. The van der Waals surface area contributed by atoms with Crippen molar-refractivity contribution in [1.82, 2.24) is 9.97 Å². The van der Waals surface area contributed by atoms with Crippen LogP contribution in [0.1, 0.15) is 12.0 Å². The minimum Gasteiger partial charge on any atom is -0.481 e. The second-order valence-corrected chi connectivity index (χ2v) is 4.30. The van der Waals surface area contributed by atoms with Gasteiger partial charge in [-0.15, -0.1) is 0 Å². The molecule has 0 aliphatic heterocycles. The van der Waals surface area contributed by atoms with E-state index in [-0.39, 0.29) is 6.42 Å². The van der Waals surface area contributed by atoms with Crippen LogP contribution >= 0.6 is 0 Å². The van der Waals surface area contributed by atoms with E-state index < -0.39 is 12.0 Å². The van der Waals surface area contributed by atoms with Crippen LogP contribution in [0.15, 0.2) is 43.0 Å². The second kappa shape index (κ2) is 6.99. The lowest BCUT2D eigenvalue weighted by molar-refractivity contribution is -0.136. The van der Waals surface area contributed by atoms with Gasteiger partial charge in [-0.3, -0.25) is 4.79 Å². The molecular formula is C14H14N4O3. The van der Waals surface area contributed by atoms with Gasteiger partial charge in [0.2, 0.25) is 0 Å². The Balaban J connectivity index is 1.88. The van der Waals surface area contributed by atoms with Crippen LogP contribution in [-0.4, -0.2) is 27.1 Å². The van der Waals surface area contributed by atoms with Gasteiger partial charge in [0.15, 0.2) is 0 Å². The third-order valence-corrected chi connectivity index (χ3v) is 2.66. The Morgan fingerprint density at radius 2 is 1.62 bits per heavy atom. The predicted molar refractivity (Wildman–Crippen MR) is 77.1 cm³/mol. The lowest BCUT2D eigenvalue weighted by Crippen LogP contribution is -2.19. The summed E-state index contributed by atoms with van der Waals surface area (Å²) in [5.74, 6) is -0.832. The van der Waals surface area contributed by atoms with E-state index in [2.05, 4.69) is 20.6 Å². The van der Waals surface area contributed by atoms with Crippen molar-refractivity contribution >= 4 is 23.4 Å². The van der Waals surface area contributed by atoms with Gasteiger partial charge in [-0.05, 0) is 24.1 Å². The average molecular weight is 286 g/mol. The topological polar surface area (TPSA) is 104 Å². The van der Waals surface area contributed by atoms with Gasteiger partial charge in [0.1, 0.15) is 6.33 Å². The number of carbonyl (C=O) groups is 2. The lowest BCUT2D eigenvalue weighted by atomic mass is 10.1. The van der Waals surface area contributed by atoms with Crippen LogP contribution in [0.4, 0.5) is 16.2 Å². The minimum absolute atomic E-state index is 0.0846. The number of aryl methyl sites for hydroxylation is 1. The van der Waals surface area contributed by atoms with Gasteiger partial charge in [0.25, 0.3) is 0 Å². The SMILES string of the molecule is O=C(O)CCc1ccc(NC(=O)Nc2cncnc2)cc1. The standard InChI is InChI=1S/C14H14N4O3/c19-13(20)6-3-10-1-4-11(5-2-10)17-14(21)18-12-7-15-9-16-8-12/h1-2,4-5,7-9H,3,6H2,(H,19,20)(H2,17,18,21). The number of aliphatic carboxylic acids is 1. The summed E-state index contributed by atoms with van der Waals surface area (Å²) in [6.45, 7) is 0. The monoisotopic (exact) mass is 286 g/mol. The number of amides is 2. The second-order valence-electron chi connectivity index (χ2n) is 4.30. The lowest BCUT2D eigenvalue weighted by Gasteiger charge is -2.07. The van der Waals surface area contributed by atoms with Gasteiger partial charge in [-0.2, -0.15) is 0 Å². The Labute approximate surface area is 121 Å². The first-order chi connectivity index (χ1) is 10.1. The Morgan fingerprint density at radius 1 is 1.00 bits per heavy atom. The molecule has 21 heavy (non-hydrogen) atoms. The molecule has 108 valence electrons. The summed E-state index contributed by atoms with van der Waals surface area (Å²) in [4.78, 5) is 29.8. The van der Waals surface area contributed by atoms with Crippen molar-refractivity contribution in [3.8, 4) is 0 Å². The van der Waals surface area contributed by atoms with Crippen LogP contribution in [0.3, 0.4) is 0 Å². The van der Waals surface area contributed by atoms with E-state index in [1.807, 2.05) is 0 Å². The first kappa shape index (κ1) is 14.4. The number of benzene rings is 1. The molecular weight excluding hydrogens is 272 g/mol. The molecule has 0 bridgehead atoms. The molecule has 0 aliphatic carbocycles. The summed E-state index contributed by atoms with van der Waals surface area (Å²) in [6, 6.07) is 6.60. The van der Waals surface area contributed by atoms with E-state index in [1.165, 1.54) is 18.7 Å². The number of carbonyl (C=O) groups excluding carboxylic acids is 1. The fourth-order valence-electron chi connectivity index (χ4n) is 1.66. The predicted octanol–water partition coefficient (Wildman–Crippen LogP) is 2.14. The molecule has 0 fully saturated rings. The smallest absolute Gasteiger partial charge is 0.323 e. The largest absolute Gasteiger partial charge is 0.481 e. The summed E-state index contributed by atoms with van der Waals surface area (Å²) in [7, 11) is 0. The minimum atomic E-state index is -0.832. The molecule has 0 radical (unpaired) electrons. The van der Waals surface area contributed by atoms with Gasteiger partial charge in [-0.25, -0.2) is 14.8 Å². The van der Waals surface area contributed by atoms with Crippen molar-refractivity contribution in [2.24, 2.45) is 0 Å². The maximum atomic E-state index is 11.7. The third kappa shape index (κ3) is 4.90. The molecule has 7 nitrogen and oxygen atoms in total. The van der Waals surface area contributed by atoms with Crippen LogP contribution in [-0.2, 0) is 11.2 Å². The van der Waals surface area contributed by atoms with E-state index in [0.29, 0.717) is 17.8 Å².